The maximum Gasteiger partial charge on any atom is 0.0472 e. The summed E-state index contributed by atoms with van der Waals surface area (Å²) < 4.78 is 0. The third-order valence-electron chi connectivity index (χ3n) is 5.38. The van der Waals surface area contributed by atoms with Gasteiger partial charge in [0.05, 0.1) is 0 Å². The lowest BCUT2D eigenvalue weighted by molar-refractivity contribution is 0.0370. The van der Waals surface area contributed by atoms with Gasteiger partial charge < -0.3 is 4.90 Å². The molecule has 0 spiro atoms. The van der Waals surface area contributed by atoms with E-state index in [9.17, 15) is 0 Å². The van der Waals surface area contributed by atoms with Crippen LogP contribution in [-0.2, 0) is 0 Å². The summed E-state index contributed by atoms with van der Waals surface area (Å²) in [6, 6.07) is 12.4. The first kappa shape index (κ1) is 15.0. The van der Waals surface area contributed by atoms with E-state index in [2.05, 4.69) is 59.0 Å². The third-order valence-corrected chi connectivity index (χ3v) is 5.38. The summed E-state index contributed by atoms with van der Waals surface area (Å²) >= 11 is 0. The van der Waals surface area contributed by atoms with Gasteiger partial charge in [0.1, 0.15) is 0 Å². The second-order valence-corrected chi connectivity index (χ2v) is 6.57. The molecule has 3 heteroatoms. The van der Waals surface area contributed by atoms with E-state index < -0.39 is 0 Å². The Kier molecular flexibility index (Phi) is 4.94. The maximum absolute atomic E-state index is 2.75. The molecule has 1 atom stereocenters. The highest BCUT2D eigenvalue weighted by Gasteiger charge is 2.31. The molecule has 0 saturated carbocycles. The zero-order valence-corrected chi connectivity index (χ0v) is 13.5. The van der Waals surface area contributed by atoms with Crippen molar-refractivity contribution in [3.63, 3.8) is 0 Å². The van der Waals surface area contributed by atoms with Crippen molar-refractivity contribution >= 4 is 0 Å². The van der Waals surface area contributed by atoms with E-state index in [1.165, 1.54) is 57.7 Å². The molecule has 2 aliphatic heterocycles. The van der Waals surface area contributed by atoms with Crippen LogP contribution in [0.2, 0.25) is 0 Å². The highest BCUT2D eigenvalue weighted by Crippen LogP contribution is 2.27. The highest BCUT2D eigenvalue weighted by atomic mass is 15.3. The van der Waals surface area contributed by atoms with Crippen molar-refractivity contribution in [2.24, 2.45) is 0 Å². The van der Waals surface area contributed by atoms with Gasteiger partial charge in [-0.3, -0.25) is 9.80 Å². The predicted molar refractivity (Wildman–Crippen MR) is 88.5 cm³/mol. The average Bonchev–Trinajstić information content (AvgIpc) is 2.56. The third kappa shape index (κ3) is 3.47. The lowest BCUT2D eigenvalue weighted by atomic mass is 9.98. The number of rotatable bonds is 3. The Bertz CT molecular complexity index is 425. The molecule has 0 aliphatic carbocycles. The fourth-order valence-electron chi connectivity index (χ4n) is 3.86. The fraction of sp³-hybridized carbons (Fsp3) is 0.667. The van der Waals surface area contributed by atoms with Gasteiger partial charge in [0.15, 0.2) is 0 Å². The number of piperidine rings is 1. The van der Waals surface area contributed by atoms with Gasteiger partial charge in [-0.05, 0) is 45.1 Å². The molecule has 2 heterocycles. The van der Waals surface area contributed by atoms with Crippen LogP contribution in [-0.4, -0.2) is 67.1 Å². The molecular formula is C18H29N3. The number of hydrogen-bond donors (Lipinski definition) is 0. The standard InChI is InChI=1S/C18H29N3/c1-3-20-11-9-17(10-12-20)21-14-13-19(2)18(15-21)16-7-5-4-6-8-16/h4-8,17-18H,3,9-15H2,1-2H3/t18-/m0/s1. The zero-order valence-electron chi connectivity index (χ0n) is 13.5. The summed E-state index contributed by atoms with van der Waals surface area (Å²) in [6.45, 7) is 9.66. The molecule has 0 radical (unpaired) electrons. The Labute approximate surface area is 129 Å². The molecule has 0 unspecified atom stereocenters. The molecule has 0 aromatic heterocycles. The van der Waals surface area contributed by atoms with Gasteiger partial charge in [-0.15, -0.1) is 0 Å². The van der Waals surface area contributed by atoms with Crippen LogP contribution >= 0.6 is 0 Å². The lowest BCUT2D eigenvalue weighted by Gasteiger charge is -2.45. The van der Waals surface area contributed by atoms with Gasteiger partial charge >= 0.3 is 0 Å². The molecule has 1 aromatic rings. The van der Waals surface area contributed by atoms with Gasteiger partial charge in [0.2, 0.25) is 0 Å². The Hall–Kier alpha value is -0.900. The Morgan fingerprint density at radius 3 is 2.38 bits per heavy atom. The topological polar surface area (TPSA) is 9.72 Å². The second-order valence-electron chi connectivity index (χ2n) is 6.57. The molecule has 0 amide bonds. The van der Waals surface area contributed by atoms with E-state index >= 15 is 0 Å². The first-order chi connectivity index (χ1) is 10.3. The minimum atomic E-state index is 0.559. The number of likely N-dealkylation sites (tertiary alicyclic amines) is 1. The quantitative estimate of drug-likeness (QED) is 0.845. The molecular weight excluding hydrogens is 258 g/mol. The number of benzene rings is 1. The van der Waals surface area contributed by atoms with Crippen LogP contribution in [0.3, 0.4) is 0 Å². The largest absolute Gasteiger partial charge is 0.303 e. The average molecular weight is 287 g/mol. The molecule has 21 heavy (non-hydrogen) atoms. The monoisotopic (exact) mass is 287 g/mol. The van der Waals surface area contributed by atoms with Crippen molar-refractivity contribution < 1.29 is 0 Å². The van der Waals surface area contributed by atoms with Crippen LogP contribution in [0.5, 0.6) is 0 Å². The summed E-state index contributed by atoms with van der Waals surface area (Å²) in [7, 11) is 2.27. The molecule has 0 N–H and O–H groups in total. The van der Waals surface area contributed by atoms with Crippen molar-refractivity contribution in [3.05, 3.63) is 35.9 Å². The molecule has 116 valence electrons. The van der Waals surface area contributed by atoms with Crippen molar-refractivity contribution in [1.29, 1.82) is 0 Å². The molecule has 1 aromatic carbocycles. The van der Waals surface area contributed by atoms with Crippen molar-refractivity contribution in [2.75, 3.05) is 46.3 Å². The number of likely N-dealkylation sites (N-methyl/N-ethyl adjacent to an activating group) is 1. The Morgan fingerprint density at radius 2 is 1.71 bits per heavy atom. The normalized spacial score (nSPS) is 27.0. The van der Waals surface area contributed by atoms with Crippen LogP contribution in [0, 0.1) is 0 Å². The molecule has 3 rings (SSSR count). The van der Waals surface area contributed by atoms with Crippen molar-refractivity contribution in [1.82, 2.24) is 14.7 Å². The Balaban J connectivity index is 1.63. The SMILES string of the molecule is CCN1CCC(N2CCN(C)[C@H](c3ccccc3)C2)CC1. The van der Waals surface area contributed by atoms with Crippen LogP contribution in [0.25, 0.3) is 0 Å². The number of piperazine rings is 1. The second kappa shape index (κ2) is 6.91. The predicted octanol–water partition coefficient (Wildman–Crippen LogP) is 2.46. The van der Waals surface area contributed by atoms with E-state index in [0.717, 1.165) is 6.04 Å². The van der Waals surface area contributed by atoms with E-state index in [4.69, 9.17) is 0 Å². The van der Waals surface area contributed by atoms with Gasteiger partial charge in [-0.2, -0.15) is 0 Å². The van der Waals surface area contributed by atoms with Crippen LogP contribution in [0.15, 0.2) is 30.3 Å². The summed E-state index contributed by atoms with van der Waals surface area (Å²) in [5.41, 5.74) is 1.47. The van der Waals surface area contributed by atoms with Crippen LogP contribution < -0.4 is 0 Å². The number of hydrogen-bond acceptors (Lipinski definition) is 3. The van der Waals surface area contributed by atoms with Crippen LogP contribution in [0.4, 0.5) is 0 Å². The highest BCUT2D eigenvalue weighted by molar-refractivity contribution is 5.20. The molecule has 2 saturated heterocycles. The first-order valence-corrected chi connectivity index (χ1v) is 8.49. The molecule has 3 nitrogen and oxygen atoms in total. The van der Waals surface area contributed by atoms with E-state index in [-0.39, 0.29) is 0 Å². The minimum Gasteiger partial charge on any atom is -0.303 e. The summed E-state index contributed by atoms with van der Waals surface area (Å²) in [6.07, 6.45) is 2.69. The summed E-state index contributed by atoms with van der Waals surface area (Å²) in [4.78, 5) is 7.86. The Morgan fingerprint density at radius 1 is 1.00 bits per heavy atom. The van der Waals surface area contributed by atoms with Crippen molar-refractivity contribution in [2.45, 2.75) is 31.8 Å². The molecule has 2 aliphatic rings. The van der Waals surface area contributed by atoms with Gasteiger partial charge in [0.25, 0.3) is 0 Å². The number of nitrogens with zero attached hydrogens (tertiary/aromatic N) is 3. The zero-order chi connectivity index (χ0) is 14.7. The van der Waals surface area contributed by atoms with E-state index in [1.54, 1.807) is 0 Å². The van der Waals surface area contributed by atoms with Gasteiger partial charge in [-0.1, -0.05) is 37.3 Å². The smallest absolute Gasteiger partial charge is 0.0472 e. The molecule has 2 fully saturated rings. The van der Waals surface area contributed by atoms with E-state index in [1.807, 2.05) is 0 Å². The lowest BCUT2D eigenvalue weighted by Crippen LogP contribution is -2.53. The van der Waals surface area contributed by atoms with Crippen molar-refractivity contribution in [3.8, 4) is 0 Å². The van der Waals surface area contributed by atoms with Gasteiger partial charge in [-0.25, -0.2) is 0 Å². The fourth-order valence-corrected chi connectivity index (χ4v) is 3.86. The minimum absolute atomic E-state index is 0.559. The maximum atomic E-state index is 2.75. The molecule has 0 bridgehead atoms. The van der Waals surface area contributed by atoms with Crippen LogP contribution in [0.1, 0.15) is 31.4 Å². The van der Waals surface area contributed by atoms with Gasteiger partial charge in [0, 0.05) is 31.7 Å². The summed E-state index contributed by atoms with van der Waals surface area (Å²) in [5, 5.41) is 0. The van der Waals surface area contributed by atoms with E-state index in [0.29, 0.717) is 6.04 Å². The first-order valence-electron chi connectivity index (χ1n) is 8.49. The summed E-state index contributed by atoms with van der Waals surface area (Å²) in [5.74, 6) is 0.